The van der Waals surface area contributed by atoms with Crippen molar-refractivity contribution in [2.45, 2.75) is 0 Å². The number of para-hydroxylation sites is 1. The van der Waals surface area contributed by atoms with E-state index in [2.05, 4.69) is 70.3 Å². The number of morpholine rings is 1. The Bertz CT molecular complexity index is 775. The van der Waals surface area contributed by atoms with Crippen LogP contribution < -0.4 is 4.90 Å². The number of thiophene rings is 1. The van der Waals surface area contributed by atoms with Crippen LogP contribution in [-0.2, 0) is 4.74 Å². The molecule has 0 saturated carbocycles. The van der Waals surface area contributed by atoms with Gasteiger partial charge in [-0.15, -0.1) is 11.3 Å². The van der Waals surface area contributed by atoms with Gasteiger partial charge in [-0.3, -0.25) is 0 Å². The largest absolute Gasteiger partial charge is 0.378 e. The molecule has 0 unspecified atom stereocenters. The first kappa shape index (κ1) is 14.5. The normalized spacial score (nSPS) is 14.9. The standard InChI is InChI=1S/C20H18NOS/c1-2-6-16(7-3-1)18-14-23-15-19(18)17-8-4-5-9-20(17)21-10-12-22-13-11-21/h1-9,14H,10-13H2. The van der Waals surface area contributed by atoms with Gasteiger partial charge < -0.3 is 9.64 Å². The van der Waals surface area contributed by atoms with Crippen molar-refractivity contribution in [2.24, 2.45) is 0 Å². The van der Waals surface area contributed by atoms with Gasteiger partial charge >= 0.3 is 0 Å². The van der Waals surface area contributed by atoms with E-state index in [-0.39, 0.29) is 0 Å². The summed E-state index contributed by atoms with van der Waals surface area (Å²) in [5.74, 6) is 0. The molecule has 1 aliphatic rings. The first-order chi connectivity index (χ1) is 11.4. The van der Waals surface area contributed by atoms with Crippen LogP contribution in [0.3, 0.4) is 0 Å². The summed E-state index contributed by atoms with van der Waals surface area (Å²) in [6.07, 6.45) is 0. The Morgan fingerprint density at radius 3 is 2.43 bits per heavy atom. The van der Waals surface area contributed by atoms with Crippen LogP contribution >= 0.6 is 11.3 Å². The third-order valence-electron chi connectivity index (χ3n) is 4.22. The molecular formula is C20H18NOS. The molecule has 0 N–H and O–H groups in total. The highest BCUT2D eigenvalue weighted by atomic mass is 32.1. The van der Waals surface area contributed by atoms with Crippen molar-refractivity contribution in [1.82, 2.24) is 0 Å². The maximum Gasteiger partial charge on any atom is 0.0642 e. The predicted octanol–water partition coefficient (Wildman–Crippen LogP) is 4.72. The number of benzene rings is 2. The Kier molecular flexibility index (Phi) is 4.14. The molecule has 1 aliphatic heterocycles. The first-order valence-corrected chi connectivity index (χ1v) is 8.78. The van der Waals surface area contributed by atoms with Crippen molar-refractivity contribution in [3.8, 4) is 22.3 Å². The molecule has 0 amide bonds. The number of hydrogen-bond acceptors (Lipinski definition) is 3. The van der Waals surface area contributed by atoms with Crippen LogP contribution in [0.2, 0.25) is 0 Å². The Labute approximate surface area is 141 Å². The lowest BCUT2D eigenvalue weighted by Crippen LogP contribution is -2.36. The van der Waals surface area contributed by atoms with E-state index in [9.17, 15) is 0 Å². The van der Waals surface area contributed by atoms with Crippen LogP contribution in [0.1, 0.15) is 0 Å². The molecule has 1 radical (unpaired) electrons. The van der Waals surface area contributed by atoms with Crippen molar-refractivity contribution in [2.75, 3.05) is 31.2 Å². The van der Waals surface area contributed by atoms with Crippen LogP contribution in [0.25, 0.3) is 22.3 Å². The van der Waals surface area contributed by atoms with E-state index in [4.69, 9.17) is 4.74 Å². The Balaban J connectivity index is 1.79. The smallest absolute Gasteiger partial charge is 0.0642 e. The number of ether oxygens (including phenoxy) is 1. The molecule has 1 fully saturated rings. The van der Waals surface area contributed by atoms with Crippen molar-refractivity contribution in [1.29, 1.82) is 0 Å². The Morgan fingerprint density at radius 2 is 1.61 bits per heavy atom. The molecule has 2 heterocycles. The number of rotatable bonds is 3. The molecule has 0 spiro atoms. The molecule has 2 aromatic carbocycles. The van der Waals surface area contributed by atoms with Gasteiger partial charge in [0.1, 0.15) is 0 Å². The monoisotopic (exact) mass is 320 g/mol. The van der Waals surface area contributed by atoms with Crippen LogP contribution in [0, 0.1) is 5.38 Å². The van der Waals surface area contributed by atoms with Gasteiger partial charge in [0.05, 0.1) is 18.6 Å². The van der Waals surface area contributed by atoms with E-state index in [0.29, 0.717) is 0 Å². The number of hydrogen-bond donors (Lipinski definition) is 0. The highest BCUT2D eigenvalue weighted by molar-refractivity contribution is 7.08. The third kappa shape index (κ3) is 2.90. The average molecular weight is 320 g/mol. The molecule has 0 atom stereocenters. The highest BCUT2D eigenvalue weighted by Gasteiger charge is 2.18. The van der Waals surface area contributed by atoms with E-state index >= 15 is 0 Å². The summed E-state index contributed by atoms with van der Waals surface area (Å²) in [6.45, 7) is 3.49. The summed E-state index contributed by atoms with van der Waals surface area (Å²) in [5, 5.41) is 5.68. The lowest BCUT2D eigenvalue weighted by Gasteiger charge is -2.30. The summed E-state index contributed by atoms with van der Waals surface area (Å²) in [4.78, 5) is 2.42. The fourth-order valence-corrected chi connectivity index (χ4v) is 3.82. The fraction of sp³-hybridized carbons (Fsp3) is 0.200. The van der Waals surface area contributed by atoms with Gasteiger partial charge in [0.25, 0.3) is 0 Å². The molecule has 0 aliphatic carbocycles. The zero-order valence-electron chi connectivity index (χ0n) is 12.9. The van der Waals surface area contributed by atoms with Crippen molar-refractivity contribution >= 4 is 17.0 Å². The highest BCUT2D eigenvalue weighted by Crippen LogP contribution is 2.39. The van der Waals surface area contributed by atoms with Crippen LogP contribution in [-0.4, -0.2) is 26.3 Å². The molecule has 115 valence electrons. The maximum absolute atomic E-state index is 5.50. The second kappa shape index (κ2) is 6.57. The average Bonchev–Trinajstić information content (AvgIpc) is 3.13. The molecule has 3 aromatic rings. The van der Waals surface area contributed by atoms with Gasteiger partial charge in [-0.2, -0.15) is 0 Å². The van der Waals surface area contributed by atoms with E-state index in [1.54, 1.807) is 11.3 Å². The molecule has 3 heteroatoms. The zero-order valence-corrected chi connectivity index (χ0v) is 13.7. The van der Waals surface area contributed by atoms with E-state index in [1.807, 2.05) is 0 Å². The predicted molar refractivity (Wildman–Crippen MR) is 97.1 cm³/mol. The molecule has 0 bridgehead atoms. The number of nitrogens with zero attached hydrogens (tertiary/aromatic N) is 1. The van der Waals surface area contributed by atoms with Crippen LogP contribution in [0.15, 0.2) is 60.0 Å². The SMILES string of the molecule is [c]1scc(-c2ccccc2)c1-c1ccccc1N1CCOCC1. The minimum absolute atomic E-state index is 0.799. The van der Waals surface area contributed by atoms with Crippen LogP contribution in [0.4, 0.5) is 5.69 Å². The van der Waals surface area contributed by atoms with E-state index < -0.39 is 0 Å². The quantitative estimate of drug-likeness (QED) is 0.692. The Morgan fingerprint density at radius 1 is 0.870 bits per heavy atom. The summed E-state index contributed by atoms with van der Waals surface area (Å²) in [6, 6.07) is 19.2. The second-order valence-corrected chi connectivity index (χ2v) is 6.28. The topological polar surface area (TPSA) is 12.5 Å². The summed E-state index contributed by atoms with van der Waals surface area (Å²) in [7, 11) is 0. The van der Waals surface area contributed by atoms with E-state index in [0.717, 1.165) is 26.3 Å². The molecular weight excluding hydrogens is 302 g/mol. The Hall–Kier alpha value is -2.10. The molecule has 2 nitrogen and oxygen atoms in total. The van der Waals surface area contributed by atoms with Crippen LogP contribution in [0.5, 0.6) is 0 Å². The summed E-state index contributed by atoms with van der Waals surface area (Å²) >= 11 is 1.64. The second-order valence-electron chi connectivity index (χ2n) is 5.61. The number of anilines is 1. The lowest BCUT2D eigenvalue weighted by molar-refractivity contribution is 0.123. The van der Waals surface area contributed by atoms with Gasteiger partial charge in [-0.25, -0.2) is 0 Å². The molecule has 23 heavy (non-hydrogen) atoms. The van der Waals surface area contributed by atoms with Crippen molar-refractivity contribution in [3.63, 3.8) is 0 Å². The van der Waals surface area contributed by atoms with Gasteiger partial charge in [0.15, 0.2) is 0 Å². The molecule has 4 rings (SSSR count). The van der Waals surface area contributed by atoms with Gasteiger partial charge in [0.2, 0.25) is 0 Å². The zero-order chi connectivity index (χ0) is 15.5. The summed E-state index contributed by atoms with van der Waals surface area (Å²) in [5.41, 5.74) is 6.24. The maximum atomic E-state index is 5.50. The van der Waals surface area contributed by atoms with Gasteiger partial charge in [0, 0.05) is 35.5 Å². The van der Waals surface area contributed by atoms with Gasteiger partial charge in [-0.05, 0) is 17.0 Å². The molecule has 1 aromatic heterocycles. The van der Waals surface area contributed by atoms with Crippen molar-refractivity contribution in [3.05, 3.63) is 65.4 Å². The first-order valence-electron chi connectivity index (χ1n) is 7.90. The minimum atomic E-state index is 0.799. The minimum Gasteiger partial charge on any atom is -0.378 e. The fourth-order valence-electron chi connectivity index (χ4n) is 3.06. The molecule has 1 saturated heterocycles. The lowest BCUT2D eigenvalue weighted by atomic mass is 9.97. The summed E-state index contributed by atoms with van der Waals surface area (Å²) < 4.78 is 5.50. The van der Waals surface area contributed by atoms with Crippen molar-refractivity contribution < 1.29 is 4.74 Å². The van der Waals surface area contributed by atoms with E-state index in [1.165, 1.54) is 27.9 Å². The van der Waals surface area contributed by atoms with Gasteiger partial charge in [-0.1, -0.05) is 48.5 Å². The third-order valence-corrected chi connectivity index (χ3v) is 4.89.